The number of hydrogen-bond acceptors (Lipinski definition) is 4. The molecule has 1 unspecified atom stereocenters. The number of pyridine rings is 1. The quantitative estimate of drug-likeness (QED) is 0.554. The Balaban J connectivity index is 1.59. The van der Waals surface area contributed by atoms with E-state index in [-0.39, 0.29) is 11.9 Å². The Bertz CT molecular complexity index is 842. The number of aryl methyl sites for hydroxylation is 1. The molecule has 29 heavy (non-hydrogen) atoms. The predicted octanol–water partition coefficient (Wildman–Crippen LogP) is 2.91. The van der Waals surface area contributed by atoms with E-state index in [4.69, 9.17) is 9.73 Å². The second-order valence-electron chi connectivity index (χ2n) is 7.21. The molecular formula is C22H30FN5O. The average molecular weight is 400 g/mol. The smallest absolute Gasteiger partial charge is 0.191 e. The third-order valence-electron chi connectivity index (χ3n) is 5.00. The van der Waals surface area contributed by atoms with Gasteiger partial charge in [-0.2, -0.15) is 0 Å². The molecule has 1 aliphatic rings. The van der Waals surface area contributed by atoms with Crippen LogP contribution in [0, 0.1) is 12.7 Å². The Kier molecular flexibility index (Phi) is 7.27. The van der Waals surface area contributed by atoms with Crippen molar-refractivity contribution in [2.75, 3.05) is 38.2 Å². The molecule has 1 saturated heterocycles. The first-order chi connectivity index (χ1) is 14.1. The third-order valence-corrected chi connectivity index (χ3v) is 5.00. The van der Waals surface area contributed by atoms with Gasteiger partial charge in [0.2, 0.25) is 0 Å². The Morgan fingerprint density at radius 2 is 2.24 bits per heavy atom. The molecule has 2 N–H and O–H groups in total. The lowest BCUT2D eigenvalue weighted by Crippen LogP contribution is -2.44. The number of benzene rings is 1. The highest BCUT2D eigenvalue weighted by molar-refractivity contribution is 5.80. The number of anilines is 1. The molecule has 0 radical (unpaired) electrons. The molecule has 7 heteroatoms. The fourth-order valence-corrected chi connectivity index (χ4v) is 3.58. The van der Waals surface area contributed by atoms with Gasteiger partial charge in [-0.05, 0) is 50.5 Å². The van der Waals surface area contributed by atoms with E-state index in [0.717, 1.165) is 43.2 Å². The van der Waals surface area contributed by atoms with Crippen LogP contribution in [0.5, 0.6) is 5.75 Å². The normalized spacial score (nSPS) is 16.8. The van der Waals surface area contributed by atoms with Crippen LogP contribution in [0.15, 0.2) is 41.5 Å². The standard InChI is InChI=1S/C22H30FN5O/c1-4-24-22(26-12-9-17-14-16(2)7-8-20(17)29-3)27-18-10-13-28(15-18)21-19(23)6-5-11-25-21/h5-8,11,14,18H,4,9-10,12-13,15H2,1-3H3,(H2,24,26,27). The highest BCUT2D eigenvalue weighted by Crippen LogP contribution is 2.21. The number of nitrogens with one attached hydrogen (secondary N) is 2. The Hall–Kier alpha value is -2.83. The first-order valence-corrected chi connectivity index (χ1v) is 10.1. The second-order valence-corrected chi connectivity index (χ2v) is 7.21. The van der Waals surface area contributed by atoms with Crippen LogP contribution in [0.1, 0.15) is 24.5 Å². The number of methoxy groups -OCH3 is 1. The van der Waals surface area contributed by atoms with E-state index in [0.29, 0.717) is 18.9 Å². The van der Waals surface area contributed by atoms with Crippen molar-refractivity contribution in [3.05, 3.63) is 53.5 Å². The monoisotopic (exact) mass is 399 g/mol. The van der Waals surface area contributed by atoms with Crippen LogP contribution in [0.3, 0.4) is 0 Å². The van der Waals surface area contributed by atoms with E-state index in [9.17, 15) is 4.39 Å². The summed E-state index contributed by atoms with van der Waals surface area (Å²) in [5.74, 6) is 1.83. The molecule has 0 saturated carbocycles. The zero-order valence-corrected chi connectivity index (χ0v) is 17.4. The molecule has 1 atom stereocenters. The predicted molar refractivity (Wildman–Crippen MR) is 115 cm³/mol. The largest absolute Gasteiger partial charge is 0.496 e. The molecule has 0 spiro atoms. The van der Waals surface area contributed by atoms with Gasteiger partial charge in [0.15, 0.2) is 17.6 Å². The van der Waals surface area contributed by atoms with Gasteiger partial charge in [-0.25, -0.2) is 9.37 Å². The lowest BCUT2D eigenvalue weighted by molar-refractivity contribution is 0.409. The third kappa shape index (κ3) is 5.59. The molecule has 2 aromatic rings. The fraction of sp³-hybridized carbons (Fsp3) is 0.455. The molecule has 0 aliphatic carbocycles. The van der Waals surface area contributed by atoms with E-state index in [1.807, 2.05) is 24.0 Å². The van der Waals surface area contributed by atoms with Gasteiger partial charge >= 0.3 is 0 Å². The van der Waals surface area contributed by atoms with E-state index in [2.05, 4.69) is 28.6 Å². The van der Waals surface area contributed by atoms with Crippen molar-refractivity contribution >= 4 is 11.8 Å². The van der Waals surface area contributed by atoms with E-state index < -0.39 is 0 Å². The topological polar surface area (TPSA) is 61.8 Å². The van der Waals surface area contributed by atoms with Crippen LogP contribution in [0.2, 0.25) is 0 Å². The van der Waals surface area contributed by atoms with Crippen LogP contribution in [0.4, 0.5) is 10.2 Å². The number of rotatable bonds is 7. The first kappa shape index (κ1) is 20.9. The molecule has 2 heterocycles. The Morgan fingerprint density at radius 1 is 1.38 bits per heavy atom. The number of halogens is 1. The van der Waals surface area contributed by atoms with Crippen LogP contribution < -0.4 is 20.3 Å². The molecule has 0 bridgehead atoms. The number of ether oxygens (including phenoxy) is 1. The molecule has 156 valence electrons. The Labute approximate surface area is 172 Å². The van der Waals surface area contributed by atoms with Crippen LogP contribution in [-0.4, -0.2) is 50.3 Å². The Morgan fingerprint density at radius 3 is 3.00 bits per heavy atom. The molecular weight excluding hydrogens is 369 g/mol. The average Bonchev–Trinajstić information content (AvgIpc) is 3.17. The molecule has 1 aromatic carbocycles. The highest BCUT2D eigenvalue weighted by Gasteiger charge is 2.25. The highest BCUT2D eigenvalue weighted by atomic mass is 19.1. The van der Waals surface area contributed by atoms with Crippen LogP contribution in [-0.2, 0) is 6.42 Å². The number of aromatic nitrogens is 1. The first-order valence-electron chi connectivity index (χ1n) is 10.1. The van der Waals surface area contributed by atoms with Crippen molar-refractivity contribution in [1.82, 2.24) is 15.6 Å². The van der Waals surface area contributed by atoms with Gasteiger partial charge in [0, 0.05) is 38.4 Å². The summed E-state index contributed by atoms with van der Waals surface area (Å²) in [6.45, 7) is 7.03. The summed E-state index contributed by atoms with van der Waals surface area (Å²) in [6, 6.07) is 9.46. The summed E-state index contributed by atoms with van der Waals surface area (Å²) in [4.78, 5) is 10.9. The minimum atomic E-state index is -0.277. The lowest BCUT2D eigenvalue weighted by atomic mass is 10.1. The fourth-order valence-electron chi connectivity index (χ4n) is 3.58. The second kappa shape index (κ2) is 10.1. The van der Waals surface area contributed by atoms with Crippen LogP contribution in [0.25, 0.3) is 0 Å². The summed E-state index contributed by atoms with van der Waals surface area (Å²) < 4.78 is 19.5. The van der Waals surface area contributed by atoms with Gasteiger partial charge < -0.3 is 20.3 Å². The summed E-state index contributed by atoms with van der Waals surface area (Å²) in [5, 5.41) is 6.78. The van der Waals surface area contributed by atoms with Crippen molar-refractivity contribution < 1.29 is 9.13 Å². The maximum Gasteiger partial charge on any atom is 0.191 e. The van der Waals surface area contributed by atoms with Crippen molar-refractivity contribution in [1.29, 1.82) is 0 Å². The SMILES string of the molecule is CCNC(=NCCc1cc(C)ccc1OC)NC1CCN(c2ncccc2F)C1. The maximum atomic E-state index is 14.0. The number of nitrogens with zero attached hydrogens (tertiary/aromatic N) is 3. The molecule has 1 aliphatic heterocycles. The number of aliphatic imine (C=N–C) groups is 1. The van der Waals surface area contributed by atoms with Gasteiger partial charge in [0.1, 0.15) is 5.75 Å². The zero-order chi connectivity index (χ0) is 20.6. The molecule has 6 nitrogen and oxygen atoms in total. The van der Waals surface area contributed by atoms with Crippen molar-refractivity contribution in [3.63, 3.8) is 0 Å². The summed E-state index contributed by atoms with van der Waals surface area (Å²) in [6.07, 6.45) is 3.34. The minimum absolute atomic E-state index is 0.197. The van der Waals surface area contributed by atoms with Crippen molar-refractivity contribution in [2.45, 2.75) is 32.7 Å². The van der Waals surface area contributed by atoms with Gasteiger partial charge in [-0.1, -0.05) is 17.7 Å². The molecule has 0 amide bonds. The van der Waals surface area contributed by atoms with Gasteiger partial charge in [-0.15, -0.1) is 0 Å². The van der Waals surface area contributed by atoms with E-state index in [1.54, 1.807) is 19.4 Å². The molecule has 1 aromatic heterocycles. The summed E-state index contributed by atoms with van der Waals surface area (Å²) in [5.41, 5.74) is 2.37. The van der Waals surface area contributed by atoms with E-state index >= 15 is 0 Å². The van der Waals surface area contributed by atoms with Gasteiger partial charge in [-0.3, -0.25) is 4.99 Å². The number of guanidine groups is 1. The lowest BCUT2D eigenvalue weighted by Gasteiger charge is -2.20. The van der Waals surface area contributed by atoms with Crippen LogP contribution >= 0.6 is 0 Å². The van der Waals surface area contributed by atoms with Gasteiger partial charge in [0.25, 0.3) is 0 Å². The minimum Gasteiger partial charge on any atom is -0.496 e. The van der Waals surface area contributed by atoms with Gasteiger partial charge in [0.05, 0.1) is 7.11 Å². The summed E-state index contributed by atoms with van der Waals surface area (Å²) in [7, 11) is 1.69. The molecule has 1 fully saturated rings. The number of hydrogen-bond donors (Lipinski definition) is 2. The van der Waals surface area contributed by atoms with E-state index in [1.165, 1.54) is 11.6 Å². The van der Waals surface area contributed by atoms with Crippen molar-refractivity contribution in [3.8, 4) is 5.75 Å². The molecule has 3 rings (SSSR count). The maximum absolute atomic E-state index is 14.0. The zero-order valence-electron chi connectivity index (χ0n) is 17.4. The van der Waals surface area contributed by atoms with Crippen molar-refractivity contribution in [2.24, 2.45) is 4.99 Å². The summed E-state index contributed by atoms with van der Waals surface area (Å²) >= 11 is 0.